The van der Waals surface area contributed by atoms with Gasteiger partial charge in [0.1, 0.15) is 0 Å². The molecule has 0 amide bonds. The first-order valence-electron chi connectivity index (χ1n) is 21.2. The number of hydrogen-bond acceptors (Lipinski definition) is 0. The number of unbranched alkanes of at least 4 members (excludes halogenated alkanes) is 1. The van der Waals surface area contributed by atoms with Crippen LogP contribution in [0.3, 0.4) is 0 Å². The first-order chi connectivity index (χ1) is 29.7. The SMILES string of the molecule is CCCCc1cccc(-c2ccccc2-n2c3ccccc3c3cc(-c4ccc5c(c4)c4ccccc4n5-c4ccc(-c5ccc(-c6ccccc6)cc5)cc4)ccc32)c1. The van der Waals surface area contributed by atoms with Crippen molar-refractivity contribution in [1.29, 1.82) is 0 Å². The Labute approximate surface area is 351 Å². The maximum Gasteiger partial charge on any atom is 0.0541 e. The highest BCUT2D eigenvalue weighted by Crippen LogP contribution is 2.40. The van der Waals surface area contributed by atoms with Crippen molar-refractivity contribution in [1.82, 2.24) is 9.13 Å². The lowest BCUT2D eigenvalue weighted by atomic mass is 9.99. The third-order valence-corrected chi connectivity index (χ3v) is 12.3. The van der Waals surface area contributed by atoms with Crippen molar-refractivity contribution in [3.8, 4) is 55.9 Å². The molecule has 0 unspecified atom stereocenters. The topological polar surface area (TPSA) is 9.86 Å². The van der Waals surface area contributed by atoms with Crippen LogP contribution in [0.25, 0.3) is 99.5 Å². The van der Waals surface area contributed by atoms with Gasteiger partial charge in [-0.05, 0) is 112 Å². The first kappa shape index (κ1) is 35.7. The van der Waals surface area contributed by atoms with E-state index >= 15 is 0 Å². The molecule has 0 atom stereocenters. The minimum atomic E-state index is 1.11. The van der Waals surface area contributed by atoms with Crippen LogP contribution in [0, 0.1) is 0 Å². The quantitative estimate of drug-likeness (QED) is 0.138. The molecule has 0 bridgehead atoms. The second-order valence-electron chi connectivity index (χ2n) is 16.0. The number of hydrogen-bond donors (Lipinski definition) is 0. The van der Waals surface area contributed by atoms with Gasteiger partial charge in [-0.25, -0.2) is 0 Å². The molecular formula is C58H44N2. The van der Waals surface area contributed by atoms with Crippen molar-refractivity contribution in [2.45, 2.75) is 26.2 Å². The lowest BCUT2D eigenvalue weighted by Crippen LogP contribution is -1.97. The Balaban J connectivity index is 0.977. The summed E-state index contributed by atoms with van der Waals surface area (Å²) in [6.45, 7) is 2.26. The Kier molecular flexibility index (Phi) is 8.97. The summed E-state index contributed by atoms with van der Waals surface area (Å²) >= 11 is 0. The highest BCUT2D eigenvalue weighted by molar-refractivity contribution is 6.13. The van der Waals surface area contributed by atoms with Crippen LogP contribution >= 0.6 is 0 Å². The molecule has 0 saturated heterocycles. The van der Waals surface area contributed by atoms with Gasteiger partial charge in [-0.1, -0.05) is 171 Å². The van der Waals surface area contributed by atoms with Gasteiger partial charge < -0.3 is 9.13 Å². The Morgan fingerprint density at radius 1 is 0.333 bits per heavy atom. The zero-order valence-electron chi connectivity index (χ0n) is 33.7. The van der Waals surface area contributed by atoms with E-state index in [9.17, 15) is 0 Å². The molecule has 11 rings (SSSR count). The Morgan fingerprint density at radius 2 is 0.817 bits per heavy atom. The van der Waals surface area contributed by atoms with Crippen LogP contribution in [0.15, 0.2) is 212 Å². The van der Waals surface area contributed by atoms with Gasteiger partial charge >= 0.3 is 0 Å². The van der Waals surface area contributed by atoms with Crippen LogP contribution < -0.4 is 0 Å². The van der Waals surface area contributed by atoms with Crippen LogP contribution in [-0.4, -0.2) is 9.13 Å². The molecule has 0 aliphatic rings. The molecule has 0 aliphatic heterocycles. The minimum absolute atomic E-state index is 1.11. The van der Waals surface area contributed by atoms with E-state index in [4.69, 9.17) is 0 Å². The molecule has 0 fully saturated rings. The third-order valence-electron chi connectivity index (χ3n) is 12.3. The van der Waals surface area contributed by atoms with Crippen molar-refractivity contribution in [3.05, 3.63) is 218 Å². The number of para-hydroxylation sites is 3. The third kappa shape index (κ3) is 6.20. The fourth-order valence-corrected chi connectivity index (χ4v) is 9.32. The molecule has 0 spiro atoms. The summed E-state index contributed by atoms with van der Waals surface area (Å²) in [5, 5.41) is 5.02. The van der Waals surface area contributed by atoms with Gasteiger partial charge in [-0.15, -0.1) is 0 Å². The van der Waals surface area contributed by atoms with Crippen molar-refractivity contribution >= 4 is 43.6 Å². The number of aryl methyl sites for hydroxylation is 1. The van der Waals surface area contributed by atoms with Crippen LogP contribution in [0.1, 0.15) is 25.3 Å². The molecule has 2 nitrogen and oxygen atoms in total. The van der Waals surface area contributed by atoms with Gasteiger partial charge in [0.15, 0.2) is 0 Å². The molecule has 0 radical (unpaired) electrons. The lowest BCUT2D eigenvalue weighted by Gasteiger charge is -2.15. The normalized spacial score (nSPS) is 11.6. The fourth-order valence-electron chi connectivity index (χ4n) is 9.32. The van der Waals surface area contributed by atoms with Crippen LogP contribution in [0.2, 0.25) is 0 Å². The van der Waals surface area contributed by atoms with Gasteiger partial charge in [0.2, 0.25) is 0 Å². The van der Waals surface area contributed by atoms with Gasteiger partial charge in [-0.3, -0.25) is 0 Å². The first-order valence-corrected chi connectivity index (χ1v) is 21.2. The summed E-state index contributed by atoms with van der Waals surface area (Å²) in [6, 6.07) is 78.1. The maximum absolute atomic E-state index is 2.46. The van der Waals surface area contributed by atoms with E-state index in [1.54, 1.807) is 0 Å². The van der Waals surface area contributed by atoms with Crippen LogP contribution in [0.4, 0.5) is 0 Å². The van der Waals surface area contributed by atoms with Gasteiger partial charge in [0, 0.05) is 32.8 Å². The molecule has 60 heavy (non-hydrogen) atoms. The molecular weight excluding hydrogens is 725 g/mol. The smallest absolute Gasteiger partial charge is 0.0541 e. The van der Waals surface area contributed by atoms with E-state index < -0.39 is 0 Å². The number of nitrogens with zero attached hydrogens (tertiary/aromatic N) is 2. The number of aromatic nitrogens is 2. The molecule has 0 saturated carbocycles. The van der Waals surface area contributed by atoms with Crippen molar-refractivity contribution in [2.75, 3.05) is 0 Å². The van der Waals surface area contributed by atoms with E-state index in [1.807, 2.05) is 0 Å². The van der Waals surface area contributed by atoms with Gasteiger partial charge in [0.05, 0.1) is 27.8 Å². The highest BCUT2D eigenvalue weighted by atomic mass is 15.0. The van der Waals surface area contributed by atoms with Gasteiger partial charge in [0.25, 0.3) is 0 Å². The Morgan fingerprint density at radius 3 is 1.47 bits per heavy atom. The summed E-state index contributed by atoms with van der Waals surface area (Å²) in [6.07, 6.45) is 3.51. The minimum Gasteiger partial charge on any atom is -0.309 e. The fraction of sp³-hybridized carbons (Fsp3) is 0.0690. The average molecular weight is 769 g/mol. The molecule has 9 aromatic carbocycles. The zero-order valence-corrected chi connectivity index (χ0v) is 33.7. The maximum atomic E-state index is 2.46. The molecule has 2 heteroatoms. The monoisotopic (exact) mass is 768 g/mol. The van der Waals surface area contributed by atoms with Crippen LogP contribution in [-0.2, 0) is 6.42 Å². The molecule has 286 valence electrons. The van der Waals surface area contributed by atoms with Crippen molar-refractivity contribution < 1.29 is 0 Å². The molecule has 2 heterocycles. The molecule has 2 aromatic heterocycles. The summed E-state index contributed by atoms with van der Waals surface area (Å²) in [5.74, 6) is 0. The predicted molar refractivity (Wildman–Crippen MR) is 255 cm³/mol. The number of benzene rings is 9. The largest absolute Gasteiger partial charge is 0.309 e. The van der Waals surface area contributed by atoms with E-state index in [0.29, 0.717) is 0 Å². The lowest BCUT2D eigenvalue weighted by molar-refractivity contribution is 0.795. The average Bonchev–Trinajstić information content (AvgIpc) is 3.83. The number of rotatable bonds is 9. The highest BCUT2D eigenvalue weighted by Gasteiger charge is 2.18. The van der Waals surface area contributed by atoms with Crippen molar-refractivity contribution in [3.63, 3.8) is 0 Å². The van der Waals surface area contributed by atoms with Crippen LogP contribution in [0.5, 0.6) is 0 Å². The van der Waals surface area contributed by atoms with Gasteiger partial charge in [-0.2, -0.15) is 0 Å². The molecule has 0 aliphatic carbocycles. The second-order valence-corrected chi connectivity index (χ2v) is 16.0. The summed E-state index contributed by atoms with van der Waals surface area (Å²) in [4.78, 5) is 0. The second kappa shape index (κ2) is 15.1. The molecule has 11 aromatic rings. The van der Waals surface area contributed by atoms with E-state index in [0.717, 1.165) is 12.1 Å². The van der Waals surface area contributed by atoms with Crippen molar-refractivity contribution in [2.24, 2.45) is 0 Å². The van der Waals surface area contributed by atoms with E-state index in [1.165, 1.54) is 112 Å². The summed E-state index contributed by atoms with van der Waals surface area (Å²) in [7, 11) is 0. The Hall–Kier alpha value is -7.42. The molecule has 0 N–H and O–H groups in total. The van der Waals surface area contributed by atoms with E-state index in [2.05, 4.69) is 228 Å². The summed E-state index contributed by atoms with van der Waals surface area (Å²) in [5.41, 5.74) is 18.4. The Bertz CT molecular complexity index is 3330. The van der Waals surface area contributed by atoms with E-state index in [-0.39, 0.29) is 0 Å². The summed E-state index contributed by atoms with van der Waals surface area (Å²) < 4.78 is 4.87. The standard InChI is InChI=1S/C58H44N2/c1-2-3-14-40-15-13-18-47(37-40)49-19-7-10-22-54(49)60-56-24-12-9-21-51(56)53-39-46(32-36-58(53)60)45-31-35-57-52(38-45)50-20-8-11-23-55(50)59(57)48-33-29-44(30-34-48)43-27-25-42(26-28-43)41-16-5-4-6-17-41/h4-13,15-39H,2-3,14H2,1H3. The number of fused-ring (bicyclic) bond motifs is 6. The predicted octanol–water partition coefficient (Wildman–Crippen LogP) is 15.9. The zero-order chi connectivity index (χ0) is 40.0.